The number of carbonyl (C=O) groups is 1. The lowest BCUT2D eigenvalue weighted by molar-refractivity contribution is -0.130. The lowest BCUT2D eigenvalue weighted by Crippen LogP contribution is -2.35. The van der Waals surface area contributed by atoms with Crippen LogP contribution < -0.4 is 10.9 Å². The van der Waals surface area contributed by atoms with Crippen LogP contribution in [-0.2, 0) is 11.3 Å². The zero-order valence-corrected chi connectivity index (χ0v) is 12.7. The van der Waals surface area contributed by atoms with Crippen LogP contribution in [0.15, 0.2) is 35.4 Å². The van der Waals surface area contributed by atoms with Crippen molar-refractivity contribution in [3.63, 3.8) is 0 Å². The van der Waals surface area contributed by atoms with E-state index < -0.39 is 0 Å². The van der Waals surface area contributed by atoms with Gasteiger partial charge >= 0.3 is 0 Å². The predicted octanol–water partition coefficient (Wildman–Crippen LogP) is 0.464. The average molecular weight is 300 g/mol. The van der Waals surface area contributed by atoms with Gasteiger partial charge in [-0.2, -0.15) is 0 Å². The summed E-state index contributed by atoms with van der Waals surface area (Å²) in [7, 11) is 1.92. The summed E-state index contributed by atoms with van der Waals surface area (Å²) in [6.45, 7) is 2.50. The molecule has 116 valence electrons. The molecule has 1 atom stereocenters. The van der Waals surface area contributed by atoms with Gasteiger partial charge in [-0.3, -0.25) is 14.2 Å². The zero-order valence-electron chi connectivity index (χ0n) is 12.7. The first-order valence-corrected chi connectivity index (χ1v) is 7.55. The monoisotopic (exact) mass is 300 g/mol. The molecule has 2 aromatic rings. The lowest BCUT2D eigenvalue weighted by Gasteiger charge is -2.17. The van der Waals surface area contributed by atoms with E-state index in [2.05, 4.69) is 10.3 Å². The van der Waals surface area contributed by atoms with Crippen molar-refractivity contribution in [2.45, 2.75) is 13.0 Å². The summed E-state index contributed by atoms with van der Waals surface area (Å²) in [5, 5.41) is 3.69. The second kappa shape index (κ2) is 6.27. The van der Waals surface area contributed by atoms with E-state index in [4.69, 9.17) is 0 Å². The summed E-state index contributed by atoms with van der Waals surface area (Å²) in [5.74, 6) is 0.484. The molecule has 0 radical (unpaired) electrons. The number of carbonyl (C=O) groups excluding carboxylic acids is 1. The van der Waals surface area contributed by atoms with Crippen LogP contribution in [0.1, 0.15) is 6.42 Å². The Kier molecular flexibility index (Phi) is 4.20. The number of aromatic nitrogens is 2. The Bertz CT molecular complexity index is 740. The summed E-state index contributed by atoms with van der Waals surface area (Å²) in [5.41, 5.74) is 0.497. The quantitative estimate of drug-likeness (QED) is 0.891. The first kappa shape index (κ1) is 14.7. The van der Waals surface area contributed by atoms with E-state index >= 15 is 0 Å². The van der Waals surface area contributed by atoms with E-state index in [1.54, 1.807) is 18.2 Å². The highest BCUT2D eigenvalue weighted by atomic mass is 16.2. The molecule has 3 rings (SSSR count). The number of hydrogen-bond donors (Lipinski definition) is 1. The standard InChI is InChI=1S/C16H20N4O2/c1-17-8-12-6-7-19(9-12)15(21)10-20-11-18-14-5-3-2-4-13(14)16(20)22/h2-5,11-12,17H,6-10H2,1H3. The van der Waals surface area contributed by atoms with Crippen molar-refractivity contribution >= 4 is 16.8 Å². The minimum absolute atomic E-state index is 0.0159. The molecular formula is C16H20N4O2. The molecule has 2 heterocycles. The van der Waals surface area contributed by atoms with Gasteiger partial charge in [0.05, 0.1) is 17.2 Å². The van der Waals surface area contributed by atoms with Crippen molar-refractivity contribution < 1.29 is 4.79 Å². The fraction of sp³-hybridized carbons (Fsp3) is 0.438. The SMILES string of the molecule is CNCC1CCN(C(=O)Cn2cnc3ccccc3c2=O)C1. The normalized spacial score (nSPS) is 18.0. The Morgan fingerprint density at radius 2 is 2.23 bits per heavy atom. The fourth-order valence-electron chi connectivity index (χ4n) is 2.98. The Morgan fingerprint density at radius 1 is 1.41 bits per heavy atom. The van der Waals surface area contributed by atoms with Crippen LogP contribution in [0.2, 0.25) is 0 Å². The minimum Gasteiger partial charge on any atom is -0.341 e. The molecule has 0 aliphatic carbocycles. The summed E-state index contributed by atoms with van der Waals surface area (Å²) >= 11 is 0. The molecule has 0 saturated carbocycles. The van der Waals surface area contributed by atoms with Gasteiger partial charge in [-0.05, 0) is 38.1 Å². The van der Waals surface area contributed by atoms with Gasteiger partial charge in [0.15, 0.2) is 0 Å². The maximum Gasteiger partial charge on any atom is 0.261 e. The first-order chi connectivity index (χ1) is 10.7. The molecule has 1 saturated heterocycles. The van der Waals surface area contributed by atoms with E-state index in [9.17, 15) is 9.59 Å². The summed E-state index contributed by atoms with van der Waals surface area (Å²) < 4.78 is 1.40. The molecule has 22 heavy (non-hydrogen) atoms. The van der Waals surface area contributed by atoms with Gasteiger partial charge in [0.25, 0.3) is 5.56 Å². The number of hydrogen-bond acceptors (Lipinski definition) is 4. The Hall–Kier alpha value is -2.21. The maximum atomic E-state index is 12.4. The highest BCUT2D eigenvalue weighted by molar-refractivity contribution is 5.79. The molecule has 6 nitrogen and oxygen atoms in total. The lowest BCUT2D eigenvalue weighted by atomic mass is 10.1. The molecule has 1 aromatic heterocycles. The van der Waals surface area contributed by atoms with Gasteiger partial charge in [-0.25, -0.2) is 4.98 Å². The average Bonchev–Trinajstić information content (AvgIpc) is 2.99. The van der Waals surface area contributed by atoms with Crippen LogP contribution in [0.3, 0.4) is 0 Å². The highest BCUT2D eigenvalue weighted by Gasteiger charge is 2.25. The number of fused-ring (bicyclic) bond motifs is 1. The number of rotatable bonds is 4. The minimum atomic E-state index is -0.162. The third kappa shape index (κ3) is 2.87. The fourth-order valence-corrected chi connectivity index (χ4v) is 2.98. The molecule has 1 unspecified atom stereocenters. The van der Waals surface area contributed by atoms with Crippen LogP contribution in [0.25, 0.3) is 10.9 Å². The van der Waals surface area contributed by atoms with Crippen LogP contribution in [0.5, 0.6) is 0 Å². The predicted molar refractivity (Wildman–Crippen MR) is 84.6 cm³/mol. The molecule has 1 aliphatic rings. The van der Waals surface area contributed by atoms with E-state index in [0.717, 1.165) is 26.1 Å². The van der Waals surface area contributed by atoms with Gasteiger partial charge in [0.2, 0.25) is 5.91 Å². The van der Waals surface area contributed by atoms with Crippen molar-refractivity contribution in [3.8, 4) is 0 Å². The van der Waals surface area contributed by atoms with Crippen molar-refractivity contribution in [2.75, 3.05) is 26.7 Å². The number of likely N-dealkylation sites (tertiary alicyclic amines) is 1. The van der Waals surface area contributed by atoms with Gasteiger partial charge in [-0.15, -0.1) is 0 Å². The molecular weight excluding hydrogens is 280 g/mol. The highest BCUT2D eigenvalue weighted by Crippen LogP contribution is 2.15. The summed E-state index contributed by atoms with van der Waals surface area (Å²) in [4.78, 5) is 30.8. The molecule has 1 aromatic carbocycles. The largest absolute Gasteiger partial charge is 0.341 e. The number of para-hydroxylation sites is 1. The third-order valence-corrected chi connectivity index (χ3v) is 4.17. The zero-order chi connectivity index (χ0) is 15.5. The molecule has 1 aliphatic heterocycles. The van der Waals surface area contributed by atoms with Crippen molar-refractivity contribution in [1.29, 1.82) is 0 Å². The number of amides is 1. The summed E-state index contributed by atoms with van der Waals surface area (Å²) in [6.07, 6.45) is 2.47. The van der Waals surface area contributed by atoms with Gasteiger partial charge in [-0.1, -0.05) is 12.1 Å². The second-order valence-corrected chi connectivity index (χ2v) is 5.75. The van der Waals surface area contributed by atoms with Crippen LogP contribution in [-0.4, -0.2) is 47.0 Å². The van der Waals surface area contributed by atoms with Gasteiger partial charge in [0.1, 0.15) is 6.54 Å². The number of nitrogens with one attached hydrogen (secondary N) is 1. The number of benzene rings is 1. The van der Waals surface area contributed by atoms with E-state index in [1.165, 1.54) is 10.9 Å². The van der Waals surface area contributed by atoms with Gasteiger partial charge < -0.3 is 10.2 Å². The van der Waals surface area contributed by atoms with Crippen molar-refractivity contribution in [3.05, 3.63) is 40.9 Å². The second-order valence-electron chi connectivity index (χ2n) is 5.75. The smallest absolute Gasteiger partial charge is 0.261 e. The Labute approximate surface area is 128 Å². The molecule has 1 amide bonds. The van der Waals surface area contributed by atoms with Crippen LogP contribution in [0.4, 0.5) is 0 Å². The van der Waals surface area contributed by atoms with Crippen molar-refractivity contribution in [1.82, 2.24) is 19.8 Å². The Balaban J connectivity index is 1.75. The molecule has 0 bridgehead atoms. The van der Waals surface area contributed by atoms with E-state index in [0.29, 0.717) is 16.8 Å². The maximum absolute atomic E-state index is 12.4. The first-order valence-electron chi connectivity index (χ1n) is 7.55. The van der Waals surface area contributed by atoms with Crippen LogP contribution in [0, 0.1) is 5.92 Å². The molecule has 0 spiro atoms. The van der Waals surface area contributed by atoms with Gasteiger partial charge in [0, 0.05) is 13.1 Å². The van der Waals surface area contributed by atoms with E-state index in [-0.39, 0.29) is 18.0 Å². The number of nitrogens with zero attached hydrogens (tertiary/aromatic N) is 3. The Morgan fingerprint density at radius 3 is 3.05 bits per heavy atom. The topological polar surface area (TPSA) is 67.2 Å². The molecule has 1 fully saturated rings. The third-order valence-electron chi connectivity index (χ3n) is 4.17. The summed E-state index contributed by atoms with van der Waals surface area (Å²) in [6, 6.07) is 7.19. The van der Waals surface area contributed by atoms with E-state index in [1.807, 2.05) is 18.0 Å². The molecule has 1 N–H and O–H groups in total. The van der Waals surface area contributed by atoms with Crippen molar-refractivity contribution in [2.24, 2.45) is 5.92 Å². The molecule has 6 heteroatoms. The van der Waals surface area contributed by atoms with Crippen LogP contribution >= 0.6 is 0 Å².